The molecule has 1 aliphatic heterocycles. The van der Waals surface area contributed by atoms with Crippen molar-refractivity contribution in [2.24, 2.45) is 0 Å². The summed E-state index contributed by atoms with van der Waals surface area (Å²) in [5, 5.41) is 1.91. The van der Waals surface area contributed by atoms with Gasteiger partial charge in [-0.25, -0.2) is 0 Å². The van der Waals surface area contributed by atoms with Gasteiger partial charge >= 0.3 is 0 Å². The van der Waals surface area contributed by atoms with Crippen molar-refractivity contribution < 1.29 is 14.3 Å². The number of hydrogen-bond acceptors (Lipinski definition) is 4. The van der Waals surface area contributed by atoms with E-state index in [2.05, 4.69) is 0 Å². The minimum atomic E-state index is 0.0211. The van der Waals surface area contributed by atoms with E-state index in [1.54, 1.807) is 7.11 Å². The number of benzene rings is 1. The molecule has 26 heavy (non-hydrogen) atoms. The lowest BCUT2D eigenvalue weighted by atomic mass is 10.1. The first-order valence-corrected chi connectivity index (χ1v) is 9.81. The zero-order valence-electron chi connectivity index (χ0n) is 15.2. The fourth-order valence-corrected chi connectivity index (χ4v) is 3.94. The van der Waals surface area contributed by atoms with E-state index in [1.807, 2.05) is 52.4 Å². The lowest BCUT2D eigenvalue weighted by Crippen LogP contribution is -2.37. The molecule has 2 aromatic rings. The third-order valence-electron chi connectivity index (χ3n) is 4.71. The fraction of sp³-hybridized carbons (Fsp3) is 0.400. The lowest BCUT2D eigenvalue weighted by Gasteiger charge is -2.22. The van der Waals surface area contributed by atoms with Crippen molar-refractivity contribution in [3.63, 3.8) is 0 Å². The molecule has 2 heterocycles. The van der Waals surface area contributed by atoms with Crippen LogP contribution in [0.2, 0.25) is 0 Å². The zero-order chi connectivity index (χ0) is 18.5. The molecule has 3 rings (SSSR count). The van der Waals surface area contributed by atoms with E-state index in [4.69, 9.17) is 4.74 Å². The van der Waals surface area contributed by atoms with Crippen molar-refractivity contribution in [1.29, 1.82) is 0 Å². The Morgan fingerprint density at radius 1 is 1.08 bits per heavy atom. The number of ether oxygens (including phenoxy) is 1. The van der Waals surface area contributed by atoms with Crippen molar-refractivity contribution in [2.75, 3.05) is 33.3 Å². The Hall–Kier alpha value is -2.34. The van der Waals surface area contributed by atoms with E-state index in [0.717, 1.165) is 29.0 Å². The van der Waals surface area contributed by atoms with Gasteiger partial charge in [0.25, 0.3) is 11.8 Å². The molecule has 138 valence electrons. The highest BCUT2D eigenvalue weighted by Crippen LogP contribution is 2.22. The van der Waals surface area contributed by atoms with Crippen molar-refractivity contribution in [3.05, 3.63) is 51.7 Å². The van der Waals surface area contributed by atoms with Crippen molar-refractivity contribution in [3.8, 4) is 5.75 Å². The molecule has 0 atom stereocenters. The molecular formula is C20H24N2O3S. The fourth-order valence-electron chi connectivity index (χ4n) is 3.25. The maximum atomic E-state index is 12.9. The molecular weight excluding hydrogens is 348 g/mol. The number of hydrogen-bond donors (Lipinski definition) is 0. The van der Waals surface area contributed by atoms with Gasteiger partial charge in [-0.2, -0.15) is 0 Å². The lowest BCUT2D eigenvalue weighted by molar-refractivity contribution is 0.0721. The van der Waals surface area contributed by atoms with Crippen LogP contribution in [0.5, 0.6) is 5.75 Å². The minimum absolute atomic E-state index is 0.0211. The quantitative estimate of drug-likeness (QED) is 0.827. The summed E-state index contributed by atoms with van der Waals surface area (Å²) in [6, 6.07) is 9.34. The summed E-state index contributed by atoms with van der Waals surface area (Å²) in [6.45, 7) is 4.53. The Labute approximate surface area is 158 Å². The van der Waals surface area contributed by atoms with Crippen molar-refractivity contribution in [1.82, 2.24) is 9.80 Å². The topological polar surface area (TPSA) is 49.9 Å². The van der Waals surface area contributed by atoms with Gasteiger partial charge in [0, 0.05) is 31.7 Å². The molecule has 1 aromatic heterocycles. The van der Waals surface area contributed by atoms with E-state index in [9.17, 15) is 9.59 Å². The predicted octanol–water partition coefficient (Wildman–Crippen LogP) is 3.31. The van der Waals surface area contributed by atoms with Crippen LogP contribution in [0.1, 0.15) is 38.9 Å². The first kappa shape index (κ1) is 18.5. The van der Waals surface area contributed by atoms with Crippen LogP contribution in [0.25, 0.3) is 0 Å². The molecule has 0 bridgehead atoms. The maximum absolute atomic E-state index is 12.9. The Kier molecular flexibility index (Phi) is 5.93. The molecule has 1 aliphatic rings. The second kappa shape index (κ2) is 8.36. The molecule has 1 fully saturated rings. The van der Waals surface area contributed by atoms with Crippen molar-refractivity contribution in [2.45, 2.75) is 19.8 Å². The van der Waals surface area contributed by atoms with E-state index < -0.39 is 0 Å². The SMILES string of the molecule is CCc1cc(C(=O)N2CCCN(C(=O)c3cccs3)CC2)ccc1OC. The third-order valence-corrected chi connectivity index (χ3v) is 5.57. The molecule has 6 heteroatoms. The van der Waals surface area contributed by atoms with Crippen LogP contribution < -0.4 is 4.74 Å². The monoisotopic (exact) mass is 372 g/mol. The van der Waals surface area contributed by atoms with Crippen LogP contribution >= 0.6 is 11.3 Å². The van der Waals surface area contributed by atoms with Gasteiger partial charge in [-0.15, -0.1) is 11.3 Å². The molecule has 0 N–H and O–H groups in total. The highest BCUT2D eigenvalue weighted by Gasteiger charge is 2.24. The third kappa shape index (κ3) is 3.90. The Morgan fingerprint density at radius 2 is 1.81 bits per heavy atom. The molecule has 0 saturated carbocycles. The van der Waals surface area contributed by atoms with Gasteiger partial charge in [-0.3, -0.25) is 9.59 Å². The largest absolute Gasteiger partial charge is 0.496 e. The van der Waals surface area contributed by atoms with Crippen molar-refractivity contribution >= 4 is 23.2 Å². The maximum Gasteiger partial charge on any atom is 0.263 e. The van der Waals surface area contributed by atoms with Crippen LogP contribution in [0, 0.1) is 0 Å². The molecule has 2 amide bonds. The van der Waals surface area contributed by atoms with Crippen LogP contribution in [0.3, 0.4) is 0 Å². The first-order chi connectivity index (χ1) is 12.6. The molecule has 5 nitrogen and oxygen atoms in total. The van der Waals surface area contributed by atoms with Gasteiger partial charge in [-0.1, -0.05) is 13.0 Å². The Balaban J connectivity index is 1.69. The number of rotatable bonds is 4. The second-order valence-electron chi connectivity index (χ2n) is 6.30. The summed E-state index contributed by atoms with van der Waals surface area (Å²) in [5.41, 5.74) is 1.71. The second-order valence-corrected chi connectivity index (χ2v) is 7.24. The van der Waals surface area contributed by atoms with E-state index in [-0.39, 0.29) is 11.8 Å². The number of nitrogens with zero attached hydrogens (tertiary/aromatic N) is 2. The smallest absolute Gasteiger partial charge is 0.263 e. The predicted molar refractivity (Wildman–Crippen MR) is 103 cm³/mol. The average Bonchev–Trinajstić information content (AvgIpc) is 3.11. The van der Waals surface area contributed by atoms with E-state index in [1.165, 1.54) is 11.3 Å². The summed E-state index contributed by atoms with van der Waals surface area (Å²) in [4.78, 5) is 29.9. The molecule has 1 saturated heterocycles. The molecule has 0 spiro atoms. The summed E-state index contributed by atoms with van der Waals surface area (Å²) >= 11 is 1.46. The zero-order valence-corrected chi connectivity index (χ0v) is 16.1. The molecule has 0 radical (unpaired) electrons. The van der Waals surface area contributed by atoms with Crippen LogP contribution in [-0.2, 0) is 6.42 Å². The van der Waals surface area contributed by atoms with Crippen LogP contribution in [0.4, 0.5) is 0 Å². The first-order valence-electron chi connectivity index (χ1n) is 8.93. The minimum Gasteiger partial charge on any atom is -0.496 e. The molecule has 0 aliphatic carbocycles. The molecule has 1 aromatic carbocycles. The number of thiophene rings is 1. The molecule has 0 unspecified atom stereocenters. The number of methoxy groups -OCH3 is 1. The van der Waals surface area contributed by atoms with Gasteiger partial charge in [-0.05, 0) is 48.1 Å². The highest BCUT2D eigenvalue weighted by atomic mass is 32.1. The normalized spacial score (nSPS) is 14.8. The number of aryl methyl sites for hydroxylation is 1. The number of carbonyl (C=O) groups is 2. The average molecular weight is 372 g/mol. The van der Waals surface area contributed by atoms with E-state index in [0.29, 0.717) is 31.7 Å². The van der Waals surface area contributed by atoms with Gasteiger partial charge < -0.3 is 14.5 Å². The van der Waals surface area contributed by atoms with Gasteiger partial charge in [0.1, 0.15) is 5.75 Å². The van der Waals surface area contributed by atoms with Gasteiger partial charge in [0.2, 0.25) is 0 Å². The van der Waals surface area contributed by atoms with E-state index >= 15 is 0 Å². The highest BCUT2D eigenvalue weighted by molar-refractivity contribution is 7.12. The summed E-state index contributed by atoms with van der Waals surface area (Å²) in [6.07, 6.45) is 1.60. The summed E-state index contributed by atoms with van der Waals surface area (Å²) < 4.78 is 5.34. The van der Waals surface area contributed by atoms with Crippen LogP contribution in [-0.4, -0.2) is 54.9 Å². The summed E-state index contributed by atoms with van der Waals surface area (Å²) in [7, 11) is 1.64. The number of amides is 2. The Morgan fingerprint density at radius 3 is 2.42 bits per heavy atom. The van der Waals surface area contributed by atoms with Gasteiger partial charge in [0.05, 0.1) is 12.0 Å². The standard InChI is InChI=1S/C20H24N2O3S/c1-3-15-14-16(7-8-17(15)25-2)19(23)21-9-5-10-22(12-11-21)20(24)18-6-4-13-26-18/h4,6-8,13-14H,3,5,9-12H2,1-2H3. The van der Waals surface area contributed by atoms with Gasteiger partial charge in [0.15, 0.2) is 0 Å². The Bertz CT molecular complexity index is 773. The number of carbonyl (C=O) groups excluding carboxylic acids is 2. The summed E-state index contributed by atoms with van der Waals surface area (Å²) in [5.74, 6) is 0.896. The van der Waals surface area contributed by atoms with Crippen LogP contribution in [0.15, 0.2) is 35.7 Å².